The lowest BCUT2D eigenvalue weighted by atomic mass is 9.88. The van der Waals surface area contributed by atoms with Crippen molar-refractivity contribution in [1.29, 1.82) is 0 Å². The molecule has 0 amide bonds. The fourth-order valence-electron chi connectivity index (χ4n) is 4.10. The van der Waals surface area contributed by atoms with Crippen LogP contribution in [0.25, 0.3) is 0 Å². The molecule has 1 fully saturated rings. The largest absolute Gasteiger partial charge is 0.286 e. The lowest BCUT2D eigenvalue weighted by Gasteiger charge is -2.42. The highest BCUT2D eigenvalue weighted by molar-refractivity contribution is 7.85. The monoisotopic (exact) mass is 403 g/mol. The molecule has 1 aliphatic heterocycles. The van der Waals surface area contributed by atoms with Crippen LogP contribution in [0.3, 0.4) is 0 Å². The molecular weight excluding hydrogens is 374 g/mol. The molecule has 6 nitrogen and oxygen atoms in total. The molecule has 0 aromatic carbocycles. The first-order chi connectivity index (χ1) is 13.4. The number of likely N-dealkylation sites (tertiary alicyclic amines) is 1. The Morgan fingerprint density at radius 3 is 2.04 bits per heavy atom. The van der Waals surface area contributed by atoms with Gasteiger partial charge in [0, 0.05) is 18.9 Å². The zero-order valence-electron chi connectivity index (χ0n) is 16.8. The molecule has 0 aliphatic carbocycles. The van der Waals surface area contributed by atoms with Gasteiger partial charge in [-0.2, -0.15) is 8.42 Å². The van der Waals surface area contributed by atoms with Gasteiger partial charge in [-0.3, -0.25) is 19.1 Å². The number of rotatable bonds is 7. The summed E-state index contributed by atoms with van der Waals surface area (Å²) >= 11 is 0. The van der Waals surface area contributed by atoms with Crippen molar-refractivity contribution < 1.29 is 12.6 Å². The van der Waals surface area contributed by atoms with E-state index in [2.05, 4.69) is 40.8 Å². The van der Waals surface area contributed by atoms with Gasteiger partial charge in [0.15, 0.2) is 0 Å². The number of piperidine rings is 1. The molecule has 0 unspecified atom stereocenters. The molecule has 3 rings (SSSR count). The molecule has 3 heterocycles. The smallest absolute Gasteiger partial charge is 0.264 e. The molecule has 2 atom stereocenters. The second-order valence-corrected chi connectivity index (χ2v) is 9.14. The molecule has 0 saturated carbocycles. The first kappa shape index (κ1) is 20.9. The summed E-state index contributed by atoms with van der Waals surface area (Å²) in [5, 5.41) is 0. The van der Waals surface area contributed by atoms with E-state index in [-0.39, 0.29) is 18.7 Å². The van der Waals surface area contributed by atoms with Crippen LogP contribution in [-0.2, 0) is 14.3 Å². The Morgan fingerprint density at radius 1 is 1.04 bits per heavy atom. The van der Waals surface area contributed by atoms with E-state index >= 15 is 0 Å². The molecule has 1 aliphatic rings. The van der Waals surface area contributed by atoms with Crippen LogP contribution < -0.4 is 0 Å². The van der Waals surface area contributed by atoms with Gasteiger partial charge in [0.1, 0.15) is 0 Å². The third-order valence-corrected chi connectivity index (χ3v) is 5.94. The van der Waals surface area contributed by atoms with Gasteiger partial charge in [0.05, 0.1) is 36.3 Å². The second kappa shape index (κ2) is 9.11. The van der Waals surface area contributed by atoms with Gasteiger partial charge >= 0.3 is 0 Å². The van der Waals surface area contributed by atoms with Crippen LogP contribution in [0.5, 0.6) is 0 Å². The van der Waals surface area contributed by atoms with E-state index in [4.69, 9.17) is 4.18 Å². The molecule has 152 valence electrons. The summed E-state index contributed by atoms with van der Waals surface area (Å²) in [6, 6.07) is 8.52. The molecule has 0 N–H and O–H groups in total. The highest BCUT2D eigenvalue weighted by Gasteiger charge is 2.34. The van der Waals surface area contributed by atoms with Crippen LogP contribution in [0.2, 0.25) is 0 Å². The van der Waals surface area contributed by atoms with Crippen molar-refractivity contribution in [1.82, 2.24) is 14.9 Å². The van der Waals surface area contributed by atoms with E-state index < -0.39 is 10.1 Å². The molecule has 28 heavy (non-hydrogen) atoms. The molecule has 0 radical (unpaired) electrons. The Balaban J connectivity index is 1.87. The molecule has 2 aromatic heterocycles. The Hall–Kier alpha value is -1.83. The summed E-state index contributed by atoms with van der Waals surface area (Å²) in [4.78, 5) is 11.8. The summed E-state index contributed by atoms with van der Waals surface area (Å²) in [5.41, 5.74) is 4.57. The Labute approximate surface area is 168 Å². The molecule has 0 spiro atoms. The third-order valence-electron chi connectivity index (χ3n) is 5.34. The van der Waals surface area contributed by atoms with Gasteiger partial charge in [-0.15, -0.1) is 0 Å². The molecule has 2 aromatic rings. The van der Waals surface area contributed by atoms with Crippen LogP contribution in [0, 0.1) is 13.8 Å². The number of hydrogen-bond donors (Lipinski definition) is 0. The lowest BCUT2D eigenvalue weighted by molar-refractivity contribution is 0.0705. The molecular formula is C21H29N3O3S. The maximum atomic E-state index is 11.3. The van der Waals surface area contributed by atoms with Gasteiger partial charge in [0.2, 0.25) is 0 Å². The maximum absolute atomic E-state index is 11.3. The fourth-order valence-corrected chi connectivity index (χ4v) is 4.52. The summed E-state index contributed by atoms with van der Waals surface area (Å²) in [6.07, 6.45) is 8.61. The van der Waals surface area contributed by atoms with Crippen molar-refractivity contribution >= 4 is 10.1 Å². The Morgan fingerprint density at radius 2 is 1.57 bits per heavy atom. The first-order valence-corrected chi connectivity index (χ1v) is 11.6. The lowest BCUT2D eigenvalue weighted by Crippen LogP contribution is -2.39. The predicted octanol–water partition coefficient (Wildman–Crippen LogP) is 3.73. The number of aryl methyl sites for hydroxylation is 2. The van der Waals surface area contributed by atoms with E-state index in [1.54, 1.807) is 0 Å². The van der Waals surface area contributed by atoms with E-state index in [0.29, 0.717) is 6.42 Å². The fraction of sp³-hybridized carbons (Fsp3) is 0.524. The van der Waals surface area contributed by atoms with Crippen molar-refractivity contribution in [3.05, 3.63) is 59.2 Å². The first-order valence-electron chi connectivity index (χ1n) is 9.80. The summed E-state index contributed by atoms with van der Waals surface area (Å²) < 4.78 is 27.5. The zero-order chi connectivity index (χ0) is 20.1. The van der Waals surface area contributed by atoms with Crippen molar-refractivity contribution in [2.75, 3.05) is 19.4 Å². The highest BCUT2D eigenvalue weighted by atomic mass is 32.2. The highest BCUT2D eigenvalue weighted by Crippen LogP contribution is 2.42. The third kappa shape index (κ3) is 5.16. The normalized spacial score (nSPS) is 21.0. The SMILES string of the molecule is Cc1cccnc1[C@H]1CCC[C@@H](c2ncccc2C)N1CCCOS(C)(=O)=O. The van der Waals surface area contributed by atoms with Crippen molar-refractivity contribution in [2.24, 2.45) is 0 Å². The van der Waals surface area contributed by atoms with E-state index in [0.717, 1.165) is 43.5 Å². The van der Waals surface area contributed by atoms with E-state index in [9.17, 15) is 8.42 Å². The van der Waals surface area contributed by atoms with Crippen molar-refractivity contribution in [3.8, 4) is 0 Å². The maximum Gasteiger partial charge on any atom is 0.264 e. The number of pyridine rings is 2. The number of hydrogen-bond acceptors (Lipinski definition) is 6. The van der Waals surface area contributed by atoms with E-state index in [1.165, 1.54) is 11.1 Å². The Kier molecular flexibility index (Phi) is 6.80. The van der Waals surface area contributed by atoms with Crippen LogP contribution in [-0.4, -0.2) is 42.7 Å². The van der Waals surface area contributed by atoms with Crippen LogP contribution in [0.1, 0.15) is 60.3 Å². The van der Waals surface area contributed by atoms with Crippen LogP contribution in [0.4, 0.5) is 0 Å². The quantitative estimate of drug-likeness (QED) is 0.518. The molecule has 7 heteroatoms. The summed E-state index contributed by atoms with van der Waals surface area (Å²) in [7, 11) is -3.42. The minimum atomic E-state index is -3.42. The van der Waals surface area contributed by atoms with Gasteiger partial charge in [0.25, 0.3) is 10.1 Å². The topological polar surface area (TPSA) is 72.4 Å². The minimum Gasteiger partial charge on any atom is -0.286 e. The van der Waals surface area contributed by atoms with Crippen molar-refractivity contribution in [3.63, 3.8) is 0 Å². The van der Waals surface area contributed by atoms with Gasteiger partial charge < -0.3 is 0 Å². The second-order valence-electron chi connectivity index (χ2n) is 7.49. The minimum absolute atomic E-state index is 0.192. The number of aromatic nitrogens is 2. The predicted molar refractivity (Wildman–Crippen MR) is 109 cm³/mol. The van der Waals surface area contributed by atoms with Gasteiger partial charge in [-0.1, -0.05) is 12.1 Å². The summed E-state index contributed by atoms with van der Waals surface area (Å²) in [6.45, 7) is 5.12. The standard InChI is InChI=1S/C21H29N3O3S/c1-16-8-5-12-22-20(16)18-10-4-11-19(21-17(2)9-6-13-23-21)24(18)14-7-15-27-28(3,25)26/h5-6,8-9,12-13,18-19H,4,7,10-11,14-15H2,1-3H3/t18-,19+. The van der Waals surface area contributed by atoms with Gasteiger partial charge in [-0.25, -0.2) is 0 Å². The summed E-state index contributed by atoms with van der Waals surface area (Å²) in [5.74, 6) is 0. The van der Waals surface area contributed by atoms with Gasteiger partial charge in [-0.05, 0) is 62.8 Å². The molecule has 1 saturated heterocycles. The average molecular weight is 404 g/mol. The zero-order valence-corrected chi connectivity index (χ0v) is 17.7. The van der Waals surface area contributed by atoms with Crippen molar-refractivity contribution in [2.45, 2.75) is 51.6 Å². The van der Waals surface area contributed by atoms with E-state index in [1.807, 2.05) is 24.5 Å². The Bertz CT molecular complexity index is 848. The number of nitrogens with zero attached hydrogens (tertiary/aromatic N) is 3. The van der Waals surface area contributed by atoms with Crippen LogP contribution >= 0.6 is 0 Å². The molecule has 0 bridgehead atoms. The van der Waals surface area contributed by atoms with Crippen LogP contribution in [0.15, 0.2) is 36.7 Å². The average Bonchev–Trinajstić information content (AvgIpc) is 2.65.